The van der Waals surface area contributed by atoms with Crippen LogP contribution in [0.3, 0.4) is 0 Å². The molecule has 0 bridgehead atoms. The maximum Gasteiger partial charge on any atom is 0.246 e. The average Bonchev–Trinajstić information content (AvgIpc) is 2.96. The van der Waals surface area contributed by atoms with Gasteiger partial charge in [-0.25, -0.2) is 4.99 Å². The fourth-order valence-electron chi connectivity index (χ4n) is 3.49. The van der Waals surface area contributed by atoms with Gasteiger partial charge in [0.25, 0.3) is 0 Å². The van der Waals surface area contributed by atoms with E-state index < -0.39 is 11.5 Å². The van der Waals surface area contributed by atoms with E-state index in [0.717, 1.165) is 32.1 Å². The number of rotatable bonds is 1. The Balaban J connectivity index is 1.83. The van der Waals surface area contributed by atoms with E-state index >= 15 is 0 Å². The van der Waals surface area contributed by atoms with E-state index in [-0.39, 0.29) is 5.91 Å². The zero-order valence-electron chi connectivity index (χ0n) is 11.9. The van der Waals surface area contributed by atoms with E-state index in [2.05, 4.69) is 11.4 Å². The summed E-state index contributed by atoms with van der Waals surface area (Å²) in [7, 11) is 0. The van der Waals surface area contributed by atoms with Crippen LogP contribution in [-0.4, -0.2) is 59.8 Å². The highest BCUT2D eigenvalue weighted by atomic mass is 16.2. The minimum Gasteiger partial charge on any atom is -0.342 e. The largest absolute Gasteiger partial charge is 0.342 e. The second-order valence-corrected chi connectivity index (χ2v) is 5.93. The molecule has 1 atom stereocenters. The number of piperazine rings is 1. The Bertz CT molecular complexity index is 510. The molecule has 0 aromatic heterocycles. The summed E-state index contributed by atoms with van der Waals surface area (Å²) in [6.07, 6.45) is 4.48. The van der Waals surface area contributed by atoms with Crippen LogP contribution in [0.2, 0.25) is 0 Å². The lowest BCUT2D eigenvalue weighted by molar-refractivity contribution is -0.125. The Labute approximate surface area is 123 Å². The van der Waals surface area contributed by atoms with Crippen LogP contribution < -0.4 is 5.32 Å². The van der Waals surface area contributed by atoms with Crippen LogP contribution in [0.5, 0.6) is 0 Å². The zero-order valence-corrected chi connectivity index (χ0v) is 11.9. The van der Waals surface area contributed by atoms with Crippen molar-refractivity contribution in [3.63, 3.8) is 0 Å². The summed E-state index contributed by atoms with van der Waals surface area (Å²) in [4.78, 5) is 31.5. The molecule has 7 nitrogen and oxygen atoms in total. The summed E-state index contributed by atoms with van der Waals surface area (Å²) in [5.41, 5.74) is -0.534. The lowest BCUT2D eigenvalue weighted by Gasteiger charge is -2.40. The topological polar surface area (TPSA) is 88.8 Å². The van der Waals surface area contributed by atoms with Crippen molar-refractivity contribution in [3.05, 3.63) is 0 Å². The number of carbonyl (C=O) groups is 2. The van der Waals surface area contributed by atoms with Gasteiger partial charge in [0.2, 0.25) is 18.3 Å². The Morgan fingerprint density at radius 1 is 1.29 bits per heavy atom. The molecular formula is C14H19N5O2. The molecule has 21 heavy (non-hydrogen) atoms. The molecule has 2 aliphatic heterocycles. The minimum absolute atomic E-state index is 0.234. The van der Waals surface area contributed by atoms with Crippen molar-refractivity contribution in [2.75, 3.05) is 26.2 Å². The summed E-state index contributed by atoms with van der Waals surface area (Å²) >= 11 is 0. The number of nitriles is 1. The number of carbonyl (C=O) groups excluding carboxylic acids is 2. The van der Waals surface area contributed by atoms with Crippen molar-refractivity contribution in [1.82, 2.24) is 15.1 Å². The van der Waals surface area contributed by atoms with E-state index in [1.807, 2.05) is 4.90 Å². The summed E-state index contributed by atoms with van der Waals surface area (Å²) in [5.74, 6) is -0.332. The van der Waals surface area contributed by atoms with Gasteiger partial charge < -0.3 is 9.80 Å². The Morgan fingerprint density at radius 3 is 2.52 bits per heavy atom. The predicted molar refractivity (Wildman–Crippen MR) is 75.1 cm³/mol. The van der Waals surface area contributed by atoms with Gasteiger partial charge in [0.1, 0.15) is 0 Å². The van der Waals surface area contributed by atoms with E-state index in [4.69, 9.17) is 4.99 Å². The van der Waals surface area contributed by atoms with Crippen molar-refractivity contribution in [2.24, 2.45) is 10.9 Å². The monoisotopic (exact) mass is 289 g/mol. The van der Waals surface area contributed by atoms with Crippen molar-refractivity contribution < 1.29 is 9.59 Å². The van der Waals surface area contributed by atoms with Gasteiger partial charge in [-0.15, -0.1) is 0 Å². The van der Waals surface area contributed by atoms with Crippen molar-refractivity contribution >= 4 is 18.3 Å². The van der Waals surface area contributed by atoms with Gasteiger partial charge in [0.15, 0.2) is 5.92 Å². The molecule has 0 radical (unpaired) electrons. The minimum atomic E-state index is -0.681. The van der Waals surface area contributed by atoms with Crippen LogP contribution in [0.25, 0.3) is 0 Å². The predicted octanol–water partition coefficient (Wildman–Crippen LogP) is -0.301. The van der Waals surface area contributed by atoms with Crippen LogP contribution in [-0.2, 0) is 9.59 Å². The fraction of sp³-hybridized carbons (Fsp3) is 0.714. The lowest BCUT2D eigenvalue weighted by atomic mass is 9.82. The lowest BCUT2D eigenvalue weighted by Crippen LogP contribution is -2.59. The normalized spacial score (nSPS) is 28.0. The number of hydrogen-bond acceptors (Lipinski definition) is 5. The van der Waals surface area contributed by atoms with Crippen molar-refractivity contribution in [2.45, 2.75) is 31.2 Å². The molecule has 1 aliphatic carbocycles. The molecule has 1 saturated heterocycles. The third-order valence-corrected chi connectivity index (χ3v) is 4.72. The van der Waals surface area contributed by atoms with E-state index in [1.54, 1.807) is 4.90 Å². The van der Waals surface area contributed by atoms with Gasteiger partial charge >= 0.3 is 0 Å². The quantitative estimate of drug-likeness (QED) is 0.671. The summed E-state index contributed by atoms with van der Waals surface area (Å²) < 4.78 is 0. The van der Waals surface area contributed by atoms with Crippen LogP contribution in [0, 0.1) is 17.2 Å². The molecule has 2 heterocycles. The maximum atomic E-state index is 12.3. The first-order chi connectivity index (χ1) is 10.2. The van der Waals surface area contributed by atoms with Crippen LogP contribution in [0.4, 0.5) is 0 Å². The standard InChI is InChI=1S/C14H19N5O2/c15-9-11-12(21)16-13(17-14(11)3-1-2-4-14)19-7-5-18(10-20)6-8-19/h10-11H,1-8H2,(H,16,17,21). The molecule has 1 saturated carbocycles. The molecule has 0 aromatic carbocycles. The molecule has 2 amide bonds. The van der Waals surface area contributed by atoms with Gasteiger partial charge in [-0.2, -0.15) is 5.26 Å². The number of guanidine groups is 1. The Morgan fingerprint density at radius 2 is 1.95 bits per heavy atom. The highest BCUT2D eigenvalue weighted by Gasteiger charge is 2.49. The zero-order chi connectivity index (χ0) is 14.9. The smallest absolute Gasteiger partial charge is 0.246 e. The Kier molecular flexibility index (Phi) is 3.53. The van der Waals surface area contributed by atoms with Gasteiger partial charge in [-0.3, -0.25) is 14.9 Å². The number of hydrogen-bond donors (Lipinski definition) is 1. The molecule has 1 unspecified atom stereocenters. The summed E-state index contributed by atoms with van der Waals surface area (Å²) in [6.45, 7) is 2.58. The molecule has 1 N–H and O–H groups in total. The van der Waals surface area contributed by atoms with Crippen LogP contribution in [0.15, 0.2) is 4.99 Å². The first kappa shape index (κ1) is 13.9. The van der Waals surface area contributed by atoms with Crippen LogP contribution >= 0.6 is 0 Å². The molecule has 1 spiro atoms. The average molecular weight is 289 g/mol. The van der Waals surface area contributed by atoms with Gasteiger partial charge in [-0.05, 0) is 12.8 Å². The number of nitrogens with zero attached hydrogens (tertiary/aromatic N) is 4. The highest BCUT2D eigenvalue weighted by Crippen LogP contribution is 2.41. The second kappa shape index (κ2) is 5.35. The molecule has 2 fully saturated rings. The highest BCUT2D eigenvalue weighted by molar-refractivity contribution is 6.02. The maximum absolute atomic E-state index is 12.3. The molecule has 112 valence electrons. The van der Waals surface area contributed by atoms with Crippen molar-refractivity contribution in [3.8, 4) is 6.07 Å². The molecule has 3 rings (SSSR count). The van der Waals surface area contributed by atoms with Crippen LogP contribution in [0.1, 0.15) is 25.7 Å². The third-order valence-electron chi connectivity index (χ3n) is 4.72. The van der Waals surface area contributed by atoms with Gasteiger partial charge in [0.05, 0.1) is 11.6 Å². The Hall–Kier alpha value is -2.10. The fourth-order valence-corrected chi connectivity index (χ4v) is 3.49. The summed E-state index contributed by atoms with van der Waals surface area (Å²) in [6, 6.07) is 2.13. The van der Waals surface area contributed by atoms with Crippen molar-refractivity contribution in [1.29, 1.82) is 5.26 Å². The van der Waals surface area contributed by atoms with E-state index in [0.29, 0.717) is 32.1 Å². The SMILES string of the molecule is N#CC1C(=O)NC(N2CCN(C=O)CC2)=NC12CCCC2. The van der Waals surface area contributed by atoms with E-state index in [9.17, 15) is 14.9 Å². The molecule has 3 aliphatic rings. The first-order valence-corrected chi connectivity index (χ1v) is 7.43. The number of amides is 2. The number of aliphatic imine (C=N–C) groups is 1. The first-order valence-electron chi connectivity index (χ1n) is 7.43. The second-order valence-electron chi connectivity index (χ2n) is 5.93. The molecular weight excluding hydrogens is 270 g/mol. The van der Waals surface area contributed by atoms with Gasteiger partial charge in [0, 0.05) is 26.2 Å². The third kappa shape index (κ3) is 2.35. The molecule has 0 aromatic rings. The van der Waals surface area contributed by atoms with E-state index in [1.165, 1.54) is 0 Å². The summed E-state index contributed by atoms with van der Waals surface area (Å²) in [5, 5.41) is 12.1. The van der Waals surface area contributed by atoms with Gasteiger partial charge in [-0.1, -0.05) is 12.8 Å². The number of nitrogens with one attached hydrogen (secondary N) is 1. The molecule has 7 heteroatoms.